The third-order valence-corrected chi connectivity index (χ3v) is 4.60. The predicted molar refractivity (Wildman–Crippen MR) is 69.3 cm³/mol. The SMILES string of the molecule is CC1C(=O)NC(=O)CN1c1nc2c(s1)C(=O)CCC2. The van der Waals surface area contributed by atoms with Crippen molar-refractivity contribution in [1.82, 2.24) is 10.3 Å². The van der Waals surface area contributed by atoms with Gasteiger partial charge in [0.05, 0.1) is 10.6 Å². The van der Waals surface area contributed by atoms with Crippen LogP contribution >= 0.6 is 11.3 Å². The summed E-state index contributed by atoms with van der Waals surface area (Å²) in [5.41, 5.74) is 0.807. The first-order valence-corrected chi connectivity index (χ1v) is 7.01. The van der Waals surface area contributed by atoms with E-state index in [1.807, 2.05) is 0 Å². The Labute approximate surface area is 113 Å². The number of imide groups is 1. The number of aromatic nitrogens is 1. The van der Waals surface area contributed by atoms with Gasteiger partial charge in [0, 0.05) is 6.42 Å². The minimum Gasteiger partial charge on any atom is -0.327 e. The van der Waals surface area contributed by atoms with Gasteiger partial charge in [-0.25, -0.2) is 4.98 Å². The van der Waals surface area contributed by atoms with E-state index in [1.54, 1.807) is 11.8 Å². The van der Waals surface area contributed by atoms with Crippen LogP contribution in [0.3, 0.4) is 0 Å². The second-order valence-corrected chi connectivity index (χ2v) is 5.74. The van der Waals surface area contributed by atoms with Crippen molar-refractivity contribution in [3.63, 3.8) is 0 Å². The maximum Gasteiger partial charge on any atom is 0.249 e. The lowest BCUT2D eigenvalue weighted by Gasteiger charge is -2.31. The Bertz CT molecular complexity index is 581. The largest absolute Gasteiger partial charge is 0.327 e. The second kappa shape index (κ2) is 4.41. The number of amides is 2. The molecule has 1 saturated heterocycles. The number of nitrogens with one attached hydrogen (secondary N) is 1. The summed E-state index contributed by atoms with van der Waals surface area (Å²) < 4.78 is 0. The Hall–Kier alpha value is -1.76. The zero-order chi connectivity index (χ0) is 13.6. The van der Waals surface area contributed by atoms with Crippen LogP contribution in [0.2, 0.25) is 0 Å². The molecule has 3 rings (SSSR count). The molecule has 100 valence electrons. The highest BCUT2D eigenvalue weighted by Gasteiger charge is 2.33. The number of nitrogens with zero attached hydrogens (tertiary/aromatic N) is 2. The molecule has 0 bridgehead atoms. The molecule has 1 fully saturated rings. The lowest BCUT2D eigenvalue weighted by atomic mass is 10.0. The van der Waals surface area contributed by atoms with Gasteiger partial charge < -0.3 is 4.90 Å². The van der Waals surface area contributed by atoms with Gasteiger partial charge in [0.25, 0.3) is 0 Å². The van der Waals surface area contributed by atoms with Gasteiger partial charge >= 0.3 is 0 Å². The van der Waals surface area contributed by atoms with E-state index < -0.39 is 6.04 Å². The monoisotopic (exact) mass is 279 g/mol. The van der Waals surface area contributed by atoms with E-state index in [4.69, 9.17) is 0 Å². The molecule has 1 unspecified atom stereocenters. The number of thiazole rings is 1. The molecule has 2 amide bonds. The lowest BCUT2D eigenvalue weighted by Crippen LogP contribution is -2.57. The van der Waals surface area contributed by atoms with E-state index in [0.717, 1.165) is 18.5 Å². The number of piperazine rings is 1. The number of fused-ring (bicyclic) bond motifs is 1. The van der Waals surface area contributed by atoms with Crippen molar-refractivity contribution in [2.24, 2.45) is 0 Å². The number of rotatable bonds is 1. The predicted octanol–water partition coefficient (Wildman–Crippen LogP) is 0.513. The van der Waals surface area contributed by atoms with E-state index in [1.165, 1.54) is 11.3 Å². The standard InChI is InChI=1S/C12H13N3O3S/c1-6-11(18)14-9(17)5-15(6)12-13-7-3-2-4-8(16)10(7)19-12/h6H,2-5H2,1H3,(H,14,17,18). The highest BCUT2D eigenvalue weighted by Crippen LogP contribution is 2.33. The Kier molecular flexibility index (Phi) is 2.85. The molecule has 1 aromatic heterocycles. The molecule has 7 heteroatoms. The van der Waals surface area contributed by atoms with Gasteiger partial charge in [-0.1, -0.05) is 11.3 Å². The van der Waals surface area contributed by atoms with Crippen molar-refractivity contribution >= 4 is 34.1 Å². The number of carbonyl (C=O) groups is 3. The fourth-order valence-electron chi connectivity index (χ4n) is 2.33. The number of ketones is 1. The van der Waals surface area contributed by atoms with Crippen LogP contribution in [0.25, 0.3) is 0 Å². The molecule has 0 radical (unpaired) electrons. The quantitative estimate of drug-likeness (QED) is 0.758. The van der Waals surface area contributed by atoms with Gasteiger partial charge in [-0.3, -0.25) is 19.7 Å². The van der Waals surface area contributed by atoms with Crippen molar-refractivity contribution in [2.75, 3.05) is 11.4 Å². The van der Waals surface area contributed by atoms with Crippen LogP contribution in [0.1, 0.15) is 35.1 Å². The van der Waals surface area contributed by atoms with Crippen LogP contribution in [0.5, 0.6) is 0 Å². The van der Waals surface area contributed by atoms with Crippen LogP contribution < -0.4 is 10.2 Å². The summed E-state index contributed by atoms with van der Waals surface area (Å²) in [6.45, 7) is 1.83. The molecule has 0 saturated carbocycles. The smallest absolute Gasteiger partial charge is 0.249 e. The van der Waals surface area contributed by atoms with E-state index in [9.17, 15) is 14.4 Å². The number of Topliss-reactive ketones (excluding diaryl/α,β-unsaturated/α-hetero) is 1. The molecule has 1 N–H and O–H groups in total. The minimum atomic E-state index is -0.444. The fourth-order valence-corrected chi connectivity index (χ4v) is 3.49. The number of hydrogen-bond acceptors (Lipinski definition) is 6. The van der Waals surface area contributed by atoms with Gasteiger partial charge in [0.2, 0.25) is 11.8 Å². The number of carbonyl (C=O) groups excluding carboxylic acids is 3. The van der Waals surface area contributed by atoms with Crippen molar-refractivity contribution in [3.8, 4) is 0 Å². The van der Waals surface area contributed by atoms with Crippen LogP contribution in [-0.4, -0.2) is 35.2 Å². The van der Waals surface area contributed by atoms with Gasteiger partial charge in [-0.15, -0.1) is 0 Å². The van der Waals surface area contributed by atoms with Crippen LogP contribution in [0.15, 0.2) is 0 Å². The van der Waals surface area contributed by atoms with Crippen LogP contribution in [0.4, 0.5) is 5.13 Å². The zero-order valence-corrected chi connectivity index (χ0v) is 11.2. The number of aryl methyl sites for hydroxylation is 1. The normalized spacial score (nSPS) is 23.3. The summed E-state index contributed by atoms with van der Waals surface area (Å²) in [5, 5.41) is 2.88. The topological polar surface area (TPSA) is 79.4 Å². The summed E-state index contributed by atoms with van der Waals surface area (Å²) in [5.74, 6) is -0.538. The lowest BCUT2D eigenvalue weighted by molar-refractivity contribution is -0.132. The van der Waals surface area contributed by atoms with E-state index >= 15 is 0 Å². The second-order valence-electron chi connectivity index (χ2n) is 4.77. The molecule has 1 aliphatic carbocycles. The fraction of sp³-hybridized carbons (Fsp3) is 0.500. The number of hydrogen-bond donors (Lipinski definition) is 1. The summed E-state index contributed by atoms with van der Waals surface area (Å²) in [6.07, 6.45) is 2.17. The molecular formula is C12H13N3O3S. The summed E-state index contributed by atoms with van der Waals surface area (Å²) >= 11 is 1.29. The third kappa shape index (κ3) is 2.03. The van der Waals surface area contributed by atoms with Crippen molar-refractivity contribution in [3.05, 3.63) is 10.6 Å². The van der Waals surface area contributed by atoms with Gasteiger partial charge in [0.15, 0.2) is 10.9 Å². The van der Waals surface area contributed by atoms with Crippen molar-refractivity contribution < 1.29 is 14.4 Å². The van der Waals surface area contributed by atoms with Crippen molar-refractivity contribution in [1.29, 1.82) is 0 Å². The van der Waals surface area contributed by atoms with E-state index in [0.29, 0.717) is 16.4 Å². The Morgan fingerprint density at radius 1 is 1.32 bits per heavy atom. The molecule has 0 aromatic carbocycles. The summed E-state index contributed by atoms with van der Waals surface area (Å²) in [6, 6.07) is -0.444. The molecule has 0 spiro atoms. The average Bonchev–Trinajstić information content (AvgIpc) is 2.79. The van der Waals surface area contributed by atoms with Gasteiger partial charge in [0.1, 0.15) is 12.6 Å². The summed E-state index contributed by atoms with van der Waals surface area (Å²) in [7, 11) is 0. The molecule has 1 atom stereocenters. The van der Waals surface area contributed by atoms with E-state index in [-0.39, 0.29) is 24.1 Å². The molecule has 1 aromatic rings. The Morgan fingerprint density at radius 2 is 2.11 bits per heavy atom. The average molecular weight is 279 g/mol. The number of anilines is 1. The summed E-state index contributed by atoms with van der Waals surface area (Å²) in [4.78, 5) is 41.7. The highest BCUT2D eigenvalue weighted by atomic mass is 32.1. The molecule has 2 aliphatic rings. The van der Waals surface area contributed by atoms with Crippen LogP contribution in [0, 0.1) is 0 Å². The minimum absolute atomic E-state index is 0.105. The van der Waals surface area contributed by atoms with Gasteiger partial charge in [-0.2, -0.15) is 0 Å². The molecule has 6 nitrogen and oxygen atoms in total. The van der Waals surface area contributed by atoms with E-state index in [2.05, 4.69) is 10.3 Å². The van der Waals surface area contributed by atoms with Crippen LogP contribution in [-0.2, 0) is 16.0 Å². The first-order chi connectivity index (χ1) is 9.06. The first kappa shape index (κ1) is 12.3. The van der Waals surface area contributed by atoms with Crippen molar-refractivity contribution in [2.45, 2.75) is 32.2 Å². The van der Waals surface area contributed by atoms with Gasteiger partial charge in [-0.05, 0) is 19.8 Å². The maximum atomic E-state index is 11.8. The molecule has 1 aliphatic heterocycles. The first-order valence-electron chi connectivity index (χ1n) is 6.19. The molecular weight excluding hydrogens is 266 g/mol. The Morgan fingerprint density at radius 3 is 2.84 bits per heavy atom. The molecule has 2 heterocycles. The Balaban J connectivity index is 1.95. The highest BCUT2D eigenvalue weighted by molar-refractivity contribution is 7.17. The zero-order valence-electron chi connectivity index (χ0n) is 10.4. The molecule has 19 heavy (non-hydrogen) atoms. The maximum absolute atomic E-state index is 11.8. The third-order valence-electron chi connectivity index (χ3n) is 3.43.